The van der Waals surface area contributed by atoms with Crippen molar-refractivity contribution in [3.05, 3.63) is 77.1 Å². The Bertz CT molecular complexity index is 1190. The molecule has 1 saturated carbocycles. The summed E-state index contributed by atoms with van der Waals surface area (Å²) in [6.45, 7) is 2.19. The quantitative estimate of drug-likeness (QED) is 0.250. The van der Waals surface area contributed by atoms with Crippen LogP contribution in [0.25, 0.3) is 10.8 Å². The molecule has 164 valence electrons. The molecular weight excluding hydrogens is 413 g/mol. The molecule has 1 fully saturated rings. The zero-order chi connectivity index (χ0) is 22.7. The van der Waals surface area contributed by atoms with Crippen molar-refractivity contribution in [2.45, 2.75) is 39.0 Å². The molecule has 5 heteroatoms. The molecule has 1 aliphatic carbocycles. The van der Waals surface area contributed by atoms with Crippen LogP contribution in [0.2, 0.25) is 0 Å². The van der Waals surface area contributed by atoms with E-state index >= 15 is 0 Å². The van der Waals surface area contributed by atoms with Crippen molar-refractivity contribution in [3.63, 3.8) is 0 Å². The fourth-order valence-corrected chi connectivity index (χ4v) is 4.18. The first-order valence-electron chi connectivity index (χ1n) is 10.9. The van der Waals surface area contributed by atoms with Crippen LogP contribution in [0.5, 0.6) is 5.75 Å². The average Bonchev–Trinajstić information content (AvgIpc) is 2.77. The fraction of sp³-hybridized carbons (Fsp3) is 0.296. The molecule has 0 saturated heterocycles. The molecule has 32 heavy (non-hydrogen) atoms. The van der Waals surface area contributed by atoms with Crippen LogP contribution in [-0.2, 0) is 0 Å². The van der Waals surface area contributed by atoms with Gasteiger partial charge in [0.25, 0.3) is 0 Å². The van der Waals surface area contributed by atoms with Crippen LogP contribution in [-0.4, -0.2) is 5.97 Å². The van der Waals surface area contributed by atoms with Gasteiger partial charge in [-0.05, 0) is 73.4 Å². The highest BCUT2D eigenvalue weighted by atomic mass is 19.1. The van der Waals surface area contributed by atoms with Crippen LogP contribution in [0.4, 0.5) is 13.2 Å². The Hall–Kier alpha value is -3.26. The molecule has 0 bridgehead atoms. The second-order valence-electron chi connectivity index (χ2n) is 8.22. The molecule has 1 aliphatic rings. The van der Waals surface area contributed by atoms with Crippen LogP contribution >= 0.6 is 0 Å². The first-order chi connectivity index (χ1) is 15.4. The van der Waals surface area contributed by atoms with Gasteiger partial charge in [0.15, 0.2) is 0 Å². The predicted molar refractivity (Wildman–Crippen MR) is 118 cm³/mol. The molecule has 2 nitrogen and oxygen atoms in total. The number of carbonyl (C=O) groups excluding carboxylic acids is 1. The SMILES string of the molecule is CCC1CCC(C#Cc2cc(F)c(C(=O)Oc3ccc4c(F)cccc4c3)c(F)c2)CC1. The van der Waals surface area contributed by atoms with Crippen molar-refractivity contribution >= 4 is 16.7 Å². The summed E-state index contributed by atoms with van der Waals surface area (Å²) in [4.78, 5) is 12.4. The van der Waals surface area contributed by atoms with Crippen LogP contribution in [0, 0.1) is 41.1 Å². The van der Waals surface area contributed by atoms with Gasteiger partial charge in [-0.3, -0.25) is 0 Å². The number of ether oxygens (including phenoxy) is 1. The summed E-state index contributed by atoms with van der Waals surface area (Å²) in [6, 6.07) is 10.9. The monoisotopic (exact) mass is 436 g/mol. The highest BCUT2D eigenvalue weighted by molar-refractivity contribution is 5.93. The summed E-state index contributed by atoms with van der Waals surface area (Å²) in [5.74, 6) is 3.39. The molecule has 0 unspecified atom stereocenters. The number of fused-ring (bicyclic) bond motifs is 1. The highest BCUT2D eigenvalue weighted by Crippen LogP contribution is 2.30. The Kier molecular flexibility index (Phi) is 6.50. The summed E-state index contributed by atoms with van der Waals surface area (Å²) in [5.41, 5.74) is -0.589. The van der Waals surface area contributed by atoms with Crippen molar-refractivity contribution in [2.24, 2.45) is 11.8 Å². The molecule has 0 aromatic heterocycles. The summed E-state index contributed by atoms with van der Waals surface area (Å²) in [5, 5.41) is 0.866. The minimum atomic E-state index is -1.16. The van der Waals surface area contributed by atoms with Crippen molar-refractivity contribution in [2.75, 3.05) is 0 Å². The molecule has 4 rings (SSSR count). The van der Waals surface area contributed by atoms with E-state index in [1.54, 1.807) is 6.07 Å². The Morgan fingerprint density at radius 2 is 1.69 bits per heavy atom. The van der Waals surface area contributed by atoms with E-state index in [1.807, 2.05) is 0 Å². The van der Waals surface area contributed by atoms with Crippen LogP contribution in [0.15, 0.2) is 48.5 Å². The van der Waals surface area contributed by atoms with Crippen LogP contribution in [0.1, 0.15) is 54.9 Å². The zero-order valence-electron chi connectivity index (χ0n) is 17.8. The van der Waals surface area contributed by atoms with E-state index in [0.717, 1.165) is 43.7 Å². The molecule has 0 radical (unpaired) electrons. The summed E-state index contributed by atoms with van der Waals surface area (Å²) in [7, 11) is 0. The van der Waals surface area contributed by atoms with E-state index in [1.165, 1.54) is 36.8 Å². The second-order valence-corrected chi connectivity index (χ2v) is 8.22. The highest BCUT2D eigenvalue weighted by Gasteiger charge is 2.22. The Labute approximate surface area is 185 Å². The maximum atomic E-state index is 14.6. The Morgan fingerprint density at radius 1 is 0.969 bits per heavy atom. The standard InChI is InChI=1S/C27H23F3O2/c1-2-17-6-8-18(9-7-17)10-11-19-14-24(29)26(25(30)15-19)27(31)32-21-12-13-22-20(16-21)4-3-5-23(22)28/h3-5,12-18H,2,6-9H2,1H3. The normalized spacial score (nSPS) is 18.1. The van der Waals surface area contributed by atoms with Crippen molar-refractivity contribution in [1.29, 1.82) is 0 Å². The fourth-order valence-electron chi connectivity index (χ4n) is 4.18. The lowest BCUT2D eigenvalue weighted by Crippen LogP contribution is -2.14. The zero-order valence-corrected chi connectivity index (χ0v) is 17.8. The van der Waals surface area contributed by atoms with Crippen molar-refractivity contribution in [1.82, 2.24) is 0 Å². The van der Waals surface area contributed by atoms with Crippen molar-refractivity contribution < 1.29 is 22.7 Å². The molecule has 0 aliphatic heterocycles. The molecule has 0 atom stereocenters. The smallest absolute Gasteiger partial charge is 0.349 e. The third-order valence-electron chi connectivity index (χ3n) is 6.10. The van der Waals surface area contributed by atoms with Gasteiger partial charge in [0.1, 0.15) is 28.8 Å². The van der Waals surface area contributed by atoms with Gasteiger partial charge in [-0.25, -0.2) is 18.0 Å². The third-order valence-corrected chi connectivity index (χ3v) is 6.10. The van der Waals surface area contributed by atoms with Gasteiger partial charge < -0.3 is 4.74 Å². The van der Waals surface area contributed by atoms with Gasteiger partial charge >= 0.3 is 5.97 Å². The number of esters is 1. The molecular formula is C27H23F3O2. The maximum Gasteiger partial charge on any atom is 0.349 e. The summed E-state index contributed by atoms with van der Waals surface area (Å²) >= 11 is 0. The lowest BCUT2D eigenvalue weighted by atomic mass is 9.81. The second kappa shape index (κ2) is 9.48. The molecule has 0 N–H and O–H groups in total. The maximum absolute atomic E-state index is 14.6. The van der Waals surface area contributed by atoms with E-state index in [-0.39, 0.29) is 17.2 Å². The van der Waals surface area contributed by atoms with Crippen molar-refractivity contribution in [3.8, 4) is 17.6 Å². The van der Waals surface area contributed by atoms with Gasteiger partial charge in [0.2, 0.25) is 0 Å². The molecule has 0 spiro atoms. The number of benzene rings is 3. The average molecular weight is 436 g/mol. The van der Waals surface area contributed by atoms with Gasteiger partial charge in [-0.2, -0.15) is 0 Å². The topological polar surface area (TPSA) is 26.3 Å². The van der Waals surface area contributed by atoms with Gasteiger partial charge in [0, 0.05) is 16.9 Å². The number of hydrogen-bond donors (Lipinski definition) is 0. The molecule has 0 amide bonds. The predicted octanol–water partition coefficient (Wildman–Crippen LogP) is 7.04. The number of carbonyl (C=O) groups is 1. The number of hydrogen-bond acceptors (Lipinski definition) is 2. The Balaban J connectivity index is 1.50. The number of rotatable bonds is 3. The lowest BCUT2D eigenvalue weighted by Gasteiger charge is -2.24. The van der Waals surface area contributed by atoms with Gasteiger partial charge in [0.05, 0.1) is 0 Å². The minimum absolute atomic E-state index is 0.0680. The van der Waals surface area contributed by atoms with E-state index in [4.69, 9.17) is 4.74 Å². The molecule has 0 heterocycles. The van der Waals surface area contributed by atoms with Crippen LogP contribution < -0.4 is 4.74 Å². The van der Waals surface area contributed by atoms with Gasteiger partial charge in [-0.15, -0.1) is 0 Å². The van der Waals surface area contributed by atoms with E-state index in [0.29, 0.717) is 10.8 Å². The largest absolute Gasteiger partial charge is 0.423 e. The summed E-state index contributed by atoms with van der Waals surface area (Å²) in [6.07, 6.45) is 5.42. The summed E-state index contributed by atoms with van der Waals surface area (Å²) < 4.78 is 48.1. The first-order valence-corrected chi connectivity index (χ1v) is 10.9. The lowest BCUT2D eigenvalue weighted by molar-refractivity contribution is 0.0725. The van der Waals surface area contributed by atoms with Crippen LogP contribution in [0.3, 0.4) is 0 Å². The number of halogens is 3. The first kappa shape index (κ1) is 22.0. The third kappa shape index (κ3) is 4.80. The van der Waals surface area contributed by atoms with E-state index < -0.39 is 29.0 Å². The van der Waals surface area contributed by atoms with Gasteiger partial charge in [-0.1, -0.05) is 37.3 Å². The Morgan fingerprint density at radius 3 is 2.38 bits per heavy atom. The van der Waals surface area contributed by atoms with E-state index in [2.05, 4.69) is 18.8 Å². The molecule has 3 aromatic rings. The minimum Gasteiger partial charge on any atom is -0.423 e. The molecule has 3 aromatic carbocycles. The van der Waals surface area contributed by atoms with E-state index in [9.17, 15) is 18.0 Å².